The number of amides is 1. The Morgan fingerprint density at radius 3 is 2.81 bits per heavy atom. The van der Waals surface area contributed by atoms with E-state index in [-0.39, 0.29) is 23.7 Å². The second-order valence-corrected chi connectivity index (χ2v) is 6.79. The van der Waals surface area contributed by atoms with Crippen LogP contribution in [0.4, 0.5) is 10.3 Å². The van der Waals surface area contributed by atoms with Gasteiger partial charge in [-0.05, 0) is 12.1 Å². The van der Waals surface area contributed by atoms with Gasteiger partial charge in [0.05, 0.1) is 11.6 Å². The van der Waals surface area contributed by atoms with E-state index in [1.165, 1.54) is 6.07 Å². The van der Waals surface area contributed by atoms with Crippen LogP contribution >= 0.6 is 0 Å². The van der Waals surface area contributed by atoms with Gasteiger partial charge in [0, 0.05) is 52.4 Å². The summed E-state index contributed by atoms with van der Waals surface area (Å²) in [5.41, 5.74) is 1.07. The molecule has 0 spiro atoms. The van der Waals surface area contributed by atoms with Gasteiger partial charge in [0.1, 0.15) is 11.3 Å². The third-order valence-corrected chi connectivity index (χ3v) is 5.20. The molecule has 26 heavy (non-hydrogen) atoms. The fourth-order valence-corrected chi connectivity index (χ4v) is 3.74. The maximum Gasteiger partial charge on any atom is 0.223 e. The van der Waals surface area contributed by atoms with Crippen molar-refractivity contribution in [2.24, 2.45) is 20.0 Å². The summed E-state index contributed by atoms with van der Waals surface area (Å²) in [4.78, 5) is 22.8. The number of imidazole rings is 2. The van der Waals surface area contributed by atoms with E-state index in [4.69, 9.17) is 0 Å². The van der Waals surface area contributed by atoms with Crippen molar-refractivity contribution in [2.45, 2.75) is 12.5 Å². The lowest BCUT2D eigenvalue weighted by atomic mass is 9.99. The lowest BCUT2D eigenvalue weighted by Crippen LogP contribution is -2.29. The topological polar surface area (TPSA) is 68.0 Å². The molecule has 1 saturated heterocycles. The van der Waals surface area contributed by atoms with Gasteiger partial charge in [-0.25, -0.2) is 14.4 Å². The molecule has 0 aliphatic carbocycles. The molecule has 136 valence electrons. The Morgan fingerprint density at radius 2 is 2.12 bits per heavy atom. The molecular weight excluding hydrogens is 335 g/mol. The molecule has 0 radical (unpaired) electrons. The number of carbonyl (C=O) groups excluding carboxylic acids is 1. The van der Waals surface area contributed by atoms with Gasteiger partial charge < -0.3 is 19.4 Å². The van der Waals surface area contributed by atoms with Gasteiger partial charge in [-0.3, -0.25) is 4.79 Å². The fourth-order valence-electron chi connectivity index (χ4n) is 3.74. The first-order valence-corrected chi connectivity index (χ1v) is 8.55. The van der Waals surface area contributed by atoms with Crippen LogP contribution in [0.5, 0.6) is 0 Å². The van der Waals surface area contributed by atoms with Crippen molar-refractivity contribution < 1.29 is 9.18 Å². The van der Waals surface area contributed by atoms with Crippen LogP contribution in [0.3, 0.4) is 0 Å². The molecular formula is C18H21FN6O. The molecule has 4 rings (SSSR count). The van der Waals surface area contributed by atoms with Crippen molar-refractivity contribution >= 4 is 22.9 Å². The summed E-state index contributed by atoms with van der Waals surface area (Å²) in [6, 6.07) is 4.81. The number of hydrogen-bond donors (Lipinski definition) is 1. The average Bonchev–Trinajstić information content (AvgIpc) is 3.25. The van der Waals surface area contributed by atoms with Gasteiger partial charge in [0.15, 0.2) is 5.82 Å². The third-order valence-electron chi connectivity index (χ3n) is 5.20. The Labute approximate surface area is 150 Å². The average molecular weight is 356 g/mol. The van der Waals surface area contributed by atoms with E-state index in [2.05, 4.69) is 15.3 Å². The molecule has 3 aromatic rings. The molecule has 2 atom stereocenters. The summed E-state index contributed by atoms with van der Waals surface area (Å²) >= 11 is 0. The summed E-state index contributed by atoms with van der Waals surface area (Å²) < 4.78 is 17.7. The largest absolute Gasteiger partial charge is 0.355 e. The molecule has 0 bridgehead atoms. The van der Waals surface area contributed by atoms with E-state index in [0.717, 1.165) is 11.3 Å². The number of likely N-dealkylation sites (tertiary alicyclic amines) is 1. The Morgan fingerprint density at radius 1 is 1.31 bits per heavy atom. The molecule has 1 amide bonds. The van der Waals surface area contributed by atoms with Gasteiger partial charge in [0.2, 0.25) is 11.9 Å². The Hall–Kier alpha value is -2.90. The number of nitrogens with zero attached hydrogens (tertiary/aromatic N) is 5. The van der Waals surface area contributed by atoms with E-state index in [1.807, 2.05) is 42.5 Å². The number of benzene rings is 1. The van der Waals surface area contributed by atoms with Crippen molar-refractivity contribution in [2.75, 3.05) is 18.9 Å². The highest BCUT2D eigenvalue weighted by atomic mass is 19.1. The lowest BCUT2D eigenvalue weighted by molar-refractivity contribution is -0.127. The quantitative estimate of drug-likeness (QED) is 0.777. The van der Waals surface area contributed by atoms with Crippen LogP contribution in [0, 0.1) is 11.7 Å². The Kier molecular flexibility index (Phi) is 3.90. The first-order valence-electron chi connectivity index (χ1n) is 8.55. The maximum atomic E-state index is 13.9. The minimum absolute atomic E-state index is 0.0539. The number of aromatic nitrogens is 4. The van der Waals surface area contributed by atoms with Gasteiger partial charge in [0.25, 0.3) is 0 Å². The first kappa shape index (κ1) is 16.6. The number of rotatable bonds is 4. The summed E-state index contributed by atoms with van der Waals surface area (Å²) in [7, 11) is 5.59. The summed E-state index contributed by atoms with van der Waals surface area (Å²) in [5.74, 6) is 1.26. The SMILES string of the molecule is CN1C(=O)C[C@@H](CNc2nc3c(F)cccc3n2C)[C@@H]1c1nccn1C. The van der Waals surface area contributed by atoms with Gasteiger partial charge in [-0.15, -0.1) is 0 Å². The number of aryl methyl sites for hydroxylation is 2. The summed E-state index contributed by atoms with van der Waals surface area (Å²) in [6.45, 7) is 0.548. The Balaban J connectivity index is 1.59. The number of nitrogens with one attached hydrogen (secondary N) is 1. The maximum absolute atomic E-state index is 13.9. The van der Waals surface area contributed by atoms with Crippen molar-refractivity contribution in [3.05, 3.63) is 42.2 Å². The zero-order valence-electron chi connectivity index (χ0n) is 15.0. The van der Waals surface area contributed by atoms with E-state index in [9.17, 15) is 9.18 Å². The van der Waals surface area contributed by atoms with Crippen LogP contribution < -0.4 is 5.32 Å². The predicted octanol–water partition coefficient (Wildman–Crippen LogP) is 2.08. The molecule has 7 nitrogen and oxygen atoms in total. The highest BCUT2D eigenvalue weighted by Crippen LogP contribution is 2.36. The molecule has 0 unspecified atom stereocenters. The summed E-state index contributed by atoms with van der Waals surface area (Å²) in [6.07, 6.45) is 4.06. The lowest BCUT2D eigenvalue weighted by Gasteiger charge is -2.24. The number of anilines is 1. The minimum atomic E-state index is -0.340. The third kappa shape index (κ3) is 2.53. The molecule has 0 saturated carbocycles. The van der Waals surface area contributed by atoms with Crippen molar-refractivity contribution in [3.8, 4) is 0 Å². The van der Waals surface area contributed by atoms with Crippen LogP contribution in [-0.2, 0) is 18.9 Å². The highest BCUT2D eigenvalue weighted by Gasteiger charge is 2.40. The number of halogens is 1. The minimum Gasteiger partial charge on any atom is -0.355 e. The van der Waals surface area contributed by atoms with Crippen LogP contribution in [0.25, 0.3) is 11.0 Å². The normalized spacial score (nSPS) is 20.3. The van der Waals surface area contributed by atoms with Gasteiger partial charge >= 0.3 is 0 Å². The fraction of sp³-hybridized carbons (Fsp3) is 0.389. The molecule has 3 heterocycles. The molecule has 2 aromatic heterocycles. The van der Waals surface area contributed by atoms with E-state index < -0.39 is 0 Å². The van der Waals surface area contributed by atoms with Crippen LogP contribution in [0.15, 0.2) is 30.6 Å². The molecule has 1 aliphatic rings. The predicted molar refractivity (Wildman–Crippen MR) is 96.0 cm³/mol. The number of hydrogen-bond acceptors (Lipinski definition) is 4. The van der Waals surface area contributed by atoms with E-state index >= 15 is 0 Å². The second kappa shape index (κ2) is 6.12. The molecule has 8 heteroatoms. The first-order chi connectivity index (χ1) is 12.5. The summed E-state index contributed by atoms with van der Waals surface area (Å²) in [5, 5.41) is 3.29. The van der Waals surface area contributed by atoms with Crippen LogP contribution in [-0.4, -0.2) is 43.5 Å². The zero-order chi connectivity index (χ0) is 18.4. The molecule has 1 fully saturated rings. The zero-order valence-corrected chi connectivity index (χ0v) is 15.0. The van der Waals surface area contributed by atoms with Crippen LogP contribution in [0.2, 0.25) is 0 Å². The van der Waals surface area contributed by atoms with E-state index in [1.54, 1.807) is 17.2 Å². The highest BCUT2D eigenvalue weighted by molar-refractivity contribution is 5.80. The Bertz CT molecular complexity index is 977. The van der Waals surface area contributed by atoms with Gasteiger partial charge in [-0.2, -0.15) is 0 Å². The van der Waals surface area contributed by atoms with E-state index in [0.29, 0.717) is 24.4 Å². The number of para-hydroxylation sites is 1. The monoisotopic (exact) mass is 356 g/mol. The van der Waals surface area contributed by atoms with Crippen molar-refractivity contribution in [3.63, 3.8) is 0 Å². The number of carbonyl (C=O) groups is 1. The molecule has 1 aromatic carbocycles. The van der Waals surface area contributed by atoms with Gasteiger partial charge in [-0.1, -0.05) is 6.07 Å². The standard InChI is InChI=1S/C18H21FN6O/c1-23-8-7-20-17(23)16-11(9-14(26)25(16)3)10-21-18-22-15-12(19)5-4-6-13(15)24(18)2/h4-8,11,16H,9-10H2,1-3H3,(H,21,22)/t11-,16+/m0/s1. The molecule has 1 N–H and O–H groups in total. The number of fused-ring (bicyclic) bond motifs is 1. The van der Waals surface area contributed by atoms with Crippen molar-refractivity contribution in [1.29, 1.82) is 0 Å². The molecule has 1 aliphatic heterocycles. The second-order valence-electron chi connectivity index (χ2n) is 6.79. The smallest absolute Gasteiger partial charge is 0.223 e. The van der Waals surface area contributed by atoms with Crippen LogP contribution in [0.1, 0.15) is 18.3 Å². The van der Waals surface area contributed by atoms with Crippen molar-refractivity contribution in [1.82, 2.24) is 24.0 Å².